The smallest absolute Gasteiger partial charge is 0.170 e. The quantitative estimate of drug-likeness (QED) is 0.511. The predicted molar refractivity (Wildman–Crippen MR) is 125 cm³/mol. The largest absolute Gasteiger partial charge is 0.459 e. The number of hydrogen-bond acceptors (Lipinski definition) is 4. The summed E-state index contributed by atoms with van der Waals surface area (Å²) in [6.07, 6.45) is 1.79. The van der Waals surface area contributed by atoms with E-state index in [4.69, 9.17) is 39.8 Å². The zero-order valence-corrected chi connectivity index (χ0v) is 19.0. The van der Waals surface area contributed by atoms with E-state index >= 15 is 0 Å². The Kier molecular flexibility index (Phi) is 6.29. The van der Waals surface area contributed by atoms with Gasteiger partial charge >= 0.3 is 0 Å². The first-order valence-corrected chi connectivity index (χ1v) is 10.8. The zero-order valence-electron chi connectivity index (χ0n) is 16.7. The van der Waals surface area contributed by atoms with Crippen molar-refractivity contribution in [3.63, 3.8) is 0 Å². The highest BCUT2D eigenvalue weighted by Gasteiger charge is 2.41. The maximum atomic E-state index is 6.39. The topological polar surface area (TPSA) is 44.5 Å². The fourth-order valence-electron chi connectivity index (χ4n) is 3.61. The molecule has 1 aliphatic rings. The number of nitrogens with one attached hydrogen (secondary N) is 1. The number of nitrogens with zero attached hydrogens (tertiary/aromatic N) is 3. The third kappa shape index (κ3) is 4.32. The van der Waals surface area contributed by atoms with Gasteiger partial charge in [-0.05, 0) is 68.8 Å². The van der Waals surface area contributed by atoms with E-state index in [0.717, 1.165) is 30.1 Å². The highest BCUT2D eigenvalue weighted by molar-refractivity contribution is 7.80. The molecule has 0 aliphatic carbocycles. The van der Waals surface area contributed by atoms with Crippen molar-refractivity contribution in [3.05, 3.63) is 76.2 Å². The molecule has 3 aromatic rings. The first-order valence-electron chi connectivity index (χ1n) is 9.62. The van der Waals surface area contributed by atoms with E-state index in [1.54, 1.807) is 18.3 Å². The number of hydrogen-bond donors (Lipinski definition) is 1. The Hall–Kier alpha value is -2.12. The van der Waals surface area contributed by atoms with Crippen LogP contribution < -0.4 is 5.32 Å². The Morgan fingerprint density at radius 2 is 2.00 bits per heavy atom. The van der Waals surface area contributed by atoms with Crippen LogP contribution in [0.4, 0.5) is 0 Å². The first kappa shape index (κ1) is 21.1. The molecule has 2 aromatic heterocycles. The Balaban J connectivity index is 1.71. The van der Waals surface area contributed by atoms with Crippen molar-refractivity contribution < 1.29 is 4.42 Å². The number of likely N-dealkylation sites (N-methyl/N-ethyl adjacent to an activating group) is 1. The molecule has 0 amide bonds. The van der Waals surface area contributed by atoms with E-state index in [-0.39, 0.29) is 12.1 Å². The van der Waals surface area contributed by atoms with Crippen LogP contribution in [0.25, 0.3) is 11.3 Å². The first-order chi connectivity index (χ1) is 14.4. The van der Waals surface area contributed by atoms with Gasteiger partial charge in [0.05, 0.1) is 16.8 Å². The summed E-state index contributed by atoms with van der Waals surface area (Å²) >= 11 is 18.1. The lowest BCUT2D eigenvalue weighted by Crippen LogP contribution is -2.35. The van der Waals surface area contributed by atoms with Gasteiger partial charge in [0.15, 0.2) is 5.11 Å². The number of furan rings is 1. The van der Waals surface area contributed by atoms with Gasteiger partial charge in [-0.25, -0.2) is 0 Å². The number of benzene rings is 1. The van der Waals surface area contributed by atoms with Gasteiger partial charge in [-0.2, -0.15) is 0 Å². The predicted octanol–water partition coefficient (Wildman–Crippen LogP) is 5.18. The molecule has 0 spiro atoms. The molecular weight excluding hydrogens is 439 g/mol. The molecule has 1 saturated heterocycles. The summed E-state index contributed by atoms with van der Waals surface area (Å²) in [5, 5.41) is 5.27. The Bertz CT molecular complexity index is 1040. The van der Waals surface area contributed by atoms with Crippen LogP contribution in [0.3, 0.4) is 0 Å². The lowest BCUT2D eigenvalue weighted by molar-refractivity contribution is 0.250. The summed E-state index contributed by atoms with van der Waals surface area (Å²) < 4.78 is 6.30. The van der Waals surface area contributed by atoms with Crippen molar-refractivity contribution in [1.82, 2.24) is 20.1 Å². The number of halogens is 2. The maximum absolute atomic E-state index is 6.39. The summed E-state index contributed by atoms with van der Waals surface area (Å²) in [5.74, 6) is 1.49. The van der Waals surface area contributed by atoms with E-state index < -0.39 is 0 Å². The van der Waals surface area contributed by atoms with E-state index in [2.05, 4.69) is 20.1 Å². The molecule has 5 nitrogen and oxygen atoms in total. The van der Waals surface area contributed by atoms with Gasteiger partial charge in [0, 0.05) is 29.9 Å². The molecule has 0 bridgehead atoms. The molecule has 156 valence electrons. The lowest BCUT2D eigenvalue weighted by Gasteiger charge is -2.27. The van der Waals surface area contributed by atoms with Crippen LogP contribution in [-0.2, 0) is 0 Å². The van der Waals surface area contributed by atoms with Crippen LogP contribution >= 0.6 is 35.4 Å². The molecule has 8 heteroatoms. The fourth-order valence-corrected chi connectivity index (χ4v) is 4.44. The number of pyridine rings is 1. The van der Waals surface area contributed by atoms with Crippen molar-refractivity contribution in [2.45, 2.75) is 12.1 Å². The normalized spacial score (nSPS) is 18.8. The lowest BCUT2D eigenvalue weighted by atomic mass is 10.0. The molecule has 30 heavy (non-hydrogen) atoms. The monoisotopic (exact) mass is 460 g/mol. The van der Waals surface area contributed by atoms with Crippen molar-refractivity contribution >= 4 is 40.5 Å². The molecule has 0 saturated carbocycles. The summed E-state index contributed by atoms with van der Waals surface area (Å²) in [4.78, 5) is 8.85. The van der Waals surface area contributed by atoms with Crippen LogP contribution in [0.15, 0.2) is 59.1 Å². The molecule has 3 heterocycles. The average Bonchev–Trinajstić information content (AvgIpc) is 3.31. The second kappa shape index (κ2) is 8.94. The highest BCUT2D eigenvalue weighted by atomic mass is 35.5. The van der Waals surface area contributed by atoms with Crippen molar-refractivity contribution in [3.8, 4) is 11.3 Å². The zero-order chi connectivity index (χ0) is 21.3. The van der Waals surface area contributed by atoms with Gasteiger partial charge < -0.3 is 19.5 Å². The van der Waals surface area contributed by atoms with E-state index in [9.17, 15) is 0 Å². The molecule has 1 fully saturated rings. The van der Waals surface area contributed by atoms with Crippen LogP contribution in [0, 0.1) is 0 Å². The second-order valence-corrected chi connectivity index (χ2v) is 8.68. The fraction of sp³-hybridized carbons (Fsp3) is 0.273. The molecular formula is C22H22Cl2N4OS. The molecule has 1 aliphatic heterocycles. The maximum Gasteiger partial charge on any atom is 0.170 e. The minimum absolute atomic E-state index is 0.111. The van der Waals surface area contributed by atoms with Crippen molar-refractivity contribution in [1.29, 1.82) is 0 Å². The SMILES string of the molecule is CN(C)CCN1C(=S)N[C@@H](c2ccccn2)[C@@H]1c1ccc(-c2ccc(Cl)cc2Cl)o1. The Labute approximate surface area is 191 Å². The summed E-state index contributed by atoms with van der Waals surface area (Å²) in [7, 11) is 4.09. The third-order valence-electron chi connectivity index (χ3n) is 5.10. The second-order valence-electron chi connectivity index (χ2n) is 7.45. The Morgan fingerprint density at radius 3 is 2.70 bits per heavy atom. The molecule has 1 N–H and O–H groups in total. The van der Waals surface area contributed by atoms with E-state index in [0.29, 0.717) is 20.9 Å². The van der Waals surface area contributed by atoms with Crippen molar-refractivity contribution in [2.24, 2.45) is 0 Å². The summed E-state index contributed by atoms with van der Waals surface area (Å²) in [5.41, 5.74) is 1.72. The molecule has 0 unspecified atom stereocenters. The minimum atomic E-state index is -0.118. The highest BCUT2D eigenvalue weighted by Crippen LogP contribution is 2.41. The van der Waals surface area contributed by atoms with E-state index in [1.807, 2.05) is 50.5 Å². The van der Waals surface area contributed by atoms with Crippen LogP contribution in [0.1, 0.15) is 23.5 Å². The van der Waals surface area contributed by atoms with Gasteiger partial charge in [-0.1, -0.05) is 29.3 Å². The molecule has 1 aromatic carbocycles. The number of aromatic nitrogens is 1. The summed E-state index contributed by atoms with van der Waals surface area (Å²) in [6, 6.07) is 15.0. The average molecular weight is 461 g/mol. The third-order valence-corrected chi connectivity index (χ3v) is 6.00. The summed E-state index contributed by atoms with van der Waals surface area (Å²) in [6.45, 7) is 1.63. The van der Waals surface area contributed by atoms with E-state index in [1.165, 1.54) is 0 Å². The van der Waals surface area contributed by atoms with Gasteiger partial charge in [-0.3, -0.25) is 4.98 Å². The van der Waals surface area contributed by atoms with Gasteiger partial charge in [0.1, 0.15) is 17.6 Å². The van der Waals surface area contributed by atoms with Gasteiger partial charge in [0.25, 0.3) is 0 Å². The molecule has 2 atom stereocenters. The Morgan fingerprint density at radius 1 is 1.17 bits per heavy atom. The minimum Gasteiger partial charge on any atom is -0.459 e. The van der Waals surface area contributed by atoms with Crippen LogP contribution in [0.2, 0.25) is 10.0 Å². The molecule has 0 radical (unpaired) electrons. The van der Waals surface area contributed by atoms with Crippen molar-refractivity contribution in [2.75, 3.05) is 27.2 Å². The number of thiocarbonyl (C=S) groups is 1. The molecule has 4 rings (SSSR count). The van der Waals surface area contributed by atoms with Gasteiger partial charge in [-0.15, -0.1) is 0 Å². The van der Waals surface area contributed by atoms with Gasteiger partial charge in [0.2, 0.25) is 0 Å². The van der Waals surface area contributed by atoms with Crippen LogP contribution in [-0.4, -0.2) is 47.1 Å². The number of rotatable bonds is 6. The van der Waals surface area contributed by atoms with Crippen LogP contribution in [0.5, 0.6) is 0 Å². The standard InChI is InChI=1S/C22H22Cl2N4OS/c1-27(2)11-12-28-21(20(26-22(28)30)17-5-3-4-10-25-17)19-9-8-18(29-19)15-7-6-14(23)13-16(15)24/h3-10,13,20-21H,11-12H2,1-2H3,(H,26,30)/t20-,21-/m0/s1.